The van der Waals surface area contributed by atoms with Gasteiger partial charge in [0.05, 0.1) is 6.54 Å². The zero-order valence-corrected chi connectivity index (χ0v) is 13.0. The van der Waals surface area contributed by atoms with E-state index >= 15 is 0 Å². The molecule has 3 amide bonds. The Morgan fingerprint density at radius 1 is 1.36 bits per heavy atom. The summed E-state index contributed by atoms with van der Waals surface area (Å²) < 4.78 is 0. The lowest BCUT2D eigenvalue weighted by molar-refractivity contribution is -0.126. The van der Waals surface area contributed by atoms with Crippen LogP contribution in [0.3, 0.4) is 0 Å². The fourth-order valence-electron chi connectivity index (χ4n) is 2.19. The summed E-state index contributed by atoms with van der Waals surface area (Å²) >= 11 is 7.00. The Kier molecular flexibility index (Phi) is 4.08. The number of nitrogens with one attached hydrogen (secondary N) is 2. The van der Waals surface area contributed by atoms with E-state index in [1.807, 2.05) is 0 Å². The highest BCUT2D eigenvalue weighted by molar-refractivity contribution is 8.13. The van der Waals surface area contributed by atoms with E-state index < -0.39 is 11.8 Å². The van der Waals surface area contributed by atoms with Gasteiger partial charge in [-0.05, 0) is 24.3 Å². The van der Waals surface area contributed by atoms with Crippen LogP contribution in [0.5, 0.6) is 0 Å². The molecular weight excluding hydrogens is 326 g/mol. The molecule has 1 saturated heterocycles. The number of hydrogen-bond donors (Lipinski definition) is 2. The SMILES string of the molecule is O=C(NCC(=O)N1CCSC1=O)c1cc2cc(Cl)ccc2[nH]1. The minimum absolute atomic E-state index is 0.207. The summed E-state index contributed by atoms with van der Waals surface area (Å²) in [5.41, 5.74) is 1.12. The Labute approximate surface area is 135 Å². The summed E-state index contributed by atoms with van der Waals surface area (Å²) in [4.78, 5) is 39.4. The van der Waals surface area contributed by atoms with E-state index in [1.54, 1.807) is 24.3 Å². The van der Waals surface area contributed by atoms with Gasteiger partial charge in [0, 0.05) is 28.2 Å². The van der Waals surface area contributed by atoms with E-state index in [2.05, 4.69) is 10.3 Å². The molecule has 6 nitrogen and oxygen atoms in total. The van der Waals surface area contributed by atoms with Gasteiger partial charge in [-0.25, -0.2) is 0 Å². The lowest BCUT2D eigenvalue weighted by atomic mass is 10.2. The van der Waals surface area contributed by atoms with E-state index in [-0.39, 0.29) is 11.8 Å². The van der Waals surface area contributed by atoms with Crippen LogP contribution in [0.2, 0.25) is 5.02 Å². The molecule has 1 aliphatic heterocycles. The van der Waals surface area contributed by atoms with Crippen LogP contribution in [0, 0.1) is 0 Å². The number of hydrogen-bond acceptors (Lipinski definition) is 4. The van der Waals surface area contributed by atoms with Crippen molar-refractivity contribution in [2.45, 2.75) is 0 Å². The monoisotopic (exact) mass is 337 g/mol. The van der Waals surface area contributed by atoms with Crippen LogP contribution < -0.4 is 5.32 Å². The Hall–Kier alpha value is -1.99. The van der Waals surface area contributed by atoms with Crippen molar-refractivity contribution in [3.63, 3.8) is 0 Å². The minimum Gasteiger partial charge on any atom is -0.351 e. The van der Waals surface area contributed by atoms with E-state index in [9.17, 15) is 14.4 Å². The lowest BCUT2D eigenvalue weighted by Crippen LogP contribution is -2.40. The van der Waals surface area contributed by atoms with Gasteiger partial charge >= 0.3 is 0 Å². The summed E-state index contributed by atoms with van der Waals surface area (Å²) in [6.45, 7) is 0.185. The highest BCUT2D eigenvalue weighted by Crippen LogP contribution is 2.20. The number of carbonyl (C=O) groups excluding carboxylic acids is 3. The topological polar surface area (TPSA) is 82.3 Å². The maximum absolute atomic E-state index is 12.1. The molecule has 2 heterocycles. The number of H-pyrrole nitrogens is 1. The predicted octanol–water partition coefficient (Wildman–Crippen LogP) is 2.25. The average Bonchev–Trinajstić information content (AvgIpc) is 3.09. The number of benzene rings is 1. The number of carbonyl (C=O) groups is 3. The second kappa shape index (κ2) is 6.02. The summed E-state index contributed by atoms with van der Waals surface area (Å²) in [7, 11) is 0. The van der Waals surface area contributed by atoms with Crippen molar-refractivity contribution in [1.29, 1.82) is 0 Å². The van der Waals surface area contributed by atoms with Crippen molar-refractivity contribution in [2.75, 3.05) is 18.8 Å². The molecule has 114 valence electrons. The molecule has 2 aromatic rings. The zero-order chi connectivity index (χ0) is 15.7. The number of thioether (sulfide) groups is 1. The Morgan fingerprint density at radius 3 is 2.91 bits per heavy atom. The van der Waals surface area contributed by atoms with Crippen LogP contribution >= 0.6 is 23.4 Å². The first-order valence-electron chi connectivity index (χ1n) is 6.58. The van der Waals surface area contributed by atoms with Crippen LogP contribution in [0.25, 0.3) is 10.9 Å². The first kappa shape index (κ1) is 14.9. The third-order valence-corrected chi connectivity index (χ3v) is 4.38. The molecule has 0 spiro atoms. The second-order valence-electron chi connectivity index (χ2n) is 4.76. The van der Waals surface area contributed by atoms with Crippen LogP contribution in [0.4, 0.5) is 4.79 Å². The lowest BCUT2D eigenvalue weighted by Gasteiger charge is -2.12. The second-order valence-corrected chi connectivity index (χ2v) is 6.24. The largest absolute Gasteiger partial charge is 0.351 e. The molecule has 1 aromatic carbocycles. The first-order chi connectivity index (χ1) is 10.5. The molecule has 1 aliphatic rings. The van der Waals surface area contributed by atoms with Gasteiger partial charge in [-0.2, -0.15) is 0 Å². The number of nitrogens with zero attached hydrogens (tertiary/aromatic N) is 1. The molecular formula is C14H12ClN3O3S. The van der Waals surface area contributed by atoms with Gasteiger partial charge in [0.2, 0.25) is 5.91 Å². The first-order valence-corrected chi connectivity index (χ1v) is 7.94. The molecule has 0 saturated carbocycles. The quantitative estimate of drug-likeness (QED) is 0.900. The Morgan fingerprint density at radius 2 is 2.18 bits per heavy atom. The molecule has 2 N–H and O–H groups in total. The Balaban J connectivity index is 1.65. The number of imide groups is 1. The van der Waals surface area contributed by atoms with E-state index in [0.717, 1.165) is 27.6 Å². The summed E-state index contributed by atoms with van der Waals surface area (Å²) in [6.07, 6.45) is 0. The number of aromatic nitrogens is 1. The van der Waals surface area contributed by atoms with Crippen molar-refractivity contribution in [2.24, 2.45) is 0 Å². The maximum atomic E-state index is 12.1. The van der Waals surface area contributed by atoms with Crippen LogP contribution in [-0.4, -0.2) is 45.8 Å². The summed E-state index contributed by atoms with van der Waals surface area (Å²) in [5.74, 6) is -0.205. The third-order valence-electron chi connectivity index (χ3n) is 3.29. The van der Waals surface area contributed by atoms with Crippen molar-refractivity contribution in [3.8, 4) is 0 Å². The van der Waals surface area contributed by atoms with Crippen molar-refractivity contribution >= 4 is 51.3 Å². The Bertz CT molecular complexity index is 774. The minimum atomic E-state index is -0.403. The molecule has 1 aromatic heterocycles. The number of fused-ring (bicyclic) bond motifs is 1. The highest BCUT2D eigenvalue weighted by Gasteiger charge is 2.27. The third kappa shape index (κ3) is 2.95. The van der Waals surface area contributed by atoms with Gasteiger partial charge in [-0.3, -0.25) is 19.3 Å². The number of amides is 3. The zero-order valence-electron chi connectivity index (χ0n) is 11.4. The number of rotatable bonds is 3. The summed E-state index contributed by atoms with van der Waals surface area (Å²) in [5, 5.41) is 3.65. The molecule has 8 heteroatoms. The van der Waals surface area contributed by atoms with E-state index in [4.69, 9.17) is 11.6 Å². The predicted molar refractivity (Wildman–Crippen MR) is 85.2 cm³/mol. The van der Waals surface area contributed by atoms with Crippen molar-refractivity contribution < 1.29 is 14.4 Å². The van der Waals surface area contributed by atoms with Gasteiger partial charge in [0.15, 0.2) is 0 Å². The number of aromatic amines is 1. The molecule has 0 unspecified atom stereocenters. The standard InChI is InChI=1S/C14H12ClN3O3S/c15-9-1-2-10-8(5-9)6-11(17-10)13(20)16-7-12(19)18-3-4-22-14(18)21/h1-2,5-6,17H,3-4,7H2,(H,16,20). The maximum Gasteiger partial charge on any atom is 0.288 e. The summed E-state index contributed by atoms with van der Waals surface area (Å²) in [6, 6.07) is 6.91. The van der Waals surface area contributed by atoms with Gasteiger partial charge in [0.1, 0.15) is 5.69 Å². The average molecular weight is 338 g/mol. The van der Waals surface area contributed by atoms with Gasteiger partial charge < -0.3 is 10.3 Å². The van der Waals surface area contributed by atoms with E-state index in [1.165, 1.54) is 0 Å². The van der Waals surface area contributed by atoms with Crippen molar-refractivity contribution in [3.05, 3.63) is 35.0 Å². The van der Waals surface area contributed by atoms with Crippen molar-refractivity contribution in [1.82, 2.24) is 15.2 Å². The fourth-order valence-corrected chi connectivity index (χ4v) is 3.17. The van der Waals surface area contributed by atoms with Crippen LogP contribution in [-0.2, 0) is 4.79 Å². The normalized spacial score (nSPS) is 14.6. The smallest absolute Gasteiger partial charge is 0.288 e. The molecule has 22 heavy (non-hydrogen) atoms. The van der Waals surface area contributed by atoms with Gasteiger partial charge in [-0.15, -0.1) is 0 Å². The molecule has 0 radical (unpaired) electrons. The fraction of sp³-hybridized carbons (Fsp3) is 0.214. The van der Waals surface area contributed by atoms with E-state index in [0.29, 0.717) is 23.0 Å². The highest BCUT2D eigenvalue weighted by atomic mass is 35.5. The number of halogens is 1. The molecule has 0 atom stereocenters. The van der Waals surface area contributed by atoms with Crippen LogP contribution in [0.15, 0.2) is 24.3 Å². The molecule has 0 bridgehead atoms. The molecule has 0 aliphatic carbocycles. The van der Waals surface area contributed by atoms with Gasteiger partial charge in [0.25, 0.3) is 11.1 Å². The van der Waals surface area contributed by atoms with Crippen LogP contribution in [0.1, 0.15) is 10.5 Å². The molecule has 1 fully saturated rings. The van der Waals surface area contributed by atoms with Gasteiger partial charge in [-0.1, -0.05) is 23.4 Å². The molecule has 3 rings (SSSR count).